The molecule has 0 saturated heterocycles. The summed E-state index contributed by atoms with van der Waals surface area (Å²) in [6, 6.07) is 6.80. The summed E-state index contributed by atoms with van der Waals surface area (Å²) in [6.07, 6.45) is 4.09. The summed E-state index contributed by atoms with van der Waals surface area (Å²) in [5, 5.41) is 5.60. The first-order chi connectivity index (χ1) is 11.1. The largest absolute Gasteiger partial charge is 0.449 e. The predicted octanol–water partition coefficient (Wildman–Crippen LogP) is 3.98. The molecule has 0 aliphatic rings. The number of rotatable bonds is 8. The van der Waals surface area contributed by atoms with Gasteiger partial charge in [0, 0.05) is 25.0 Å². The first kappa shape index (κ1) is 18.8. The van der Waals surface area contributed by atoms with Crippen LogP contribution in [0, 0.1) is 0 Å². The minimum atomic E-state index is -0.405. The monoisotopic (exact) mass is 321 g/mol. The Hall–Kier alpha value is -2.24. The Morgan fingerprint density at radius 3 is 2.39 bits per heavy atom. The van der Waals surface area contributed by atoms with Gasteiger partial charge in [0.1, 0.15) is 0 Å². The van der Waals surface area contributed by atoms with E-state index < -0.39 is 6.09 Å². The molecule has 6 heteroatoms. The number of carbonyl (C=O) groups is 2. The molecule has 0 atom stereocenters. The van der Waals surface area contributed by atoms with Crippen molar-refractivity contribution < 1.29 is 14.3 Å². The first-order valence-corrected chi connectivity index (χ1v) is 8.13. The van der Waals surface area contributed by atoms with E-state index in [9.17, 15) is 9.59 Å². The van der Waals surface area contributed by atoms with Gasteiger partial charge in [-0.1, -0.05) is 26.2 Å². The molecule has 0 heterocycles. The van der Waals surface area contributed by atoms with Gasteiger partial charge in [0.15, 0.2) is 0 Å². The number of hydrogen-bond acceptors (Lipinski definition) is 3. The van der Waals surface area contributed by atoms with E-state index in [-0.39, 0.29) is 6.03 Å². The third kappa shape index (κ3) is 7.04. The van der Waals surface area contributed by atoms with E-state index in [1.165, 1.54) is 17.7 Å². The van der Waals surface area contributed by atoms with Gasteiger partial charge in [-0.2, -0.15) is 0 Å². The van der Waals surface area contributed by atoms with Gasteiger partial charge in [0.05, 0.1) is 6.61 Å². The Bertz CT molecular complexity index is 488. The number of nitrogens with zero attached hydrogens (tertiary/aromatic N) is 1. The SMILES string of the molecule is CCCCCCNC(=O)Nc1ccc(N(C)C(=O)OCC)cc1. The zero-order valence-electron chi connectivity index (χ0n) is 14.2. The van der Waals surface area contributed by atoms with Gasteiger partial charge < -0.3 is 15.4 Å². The van der Waals surface area contributed by atoms with Gasteiger partial charge in [0.2, 0.25) is 0 Å². The molecule has 1 aromatic rings. The minimum absolute atomic E-state index is 0.215. The van der Waals surface area contributed by atoms with E-state index >= 15 is 0 Å². The summed E-state index contributed by atoms with van der Waals surface area (Å²) in [5.41, 5.74) is 1.38. The van der Waals surface area contributed by atoms with Crippen molar-refractivity contribution >= 4 is 23.5 Å². The van der Waals surface area contributed by atoms with Crippen molar-refractivity contribution in [3.63, 3.8) is 0 Å². The van der Waals surface area contributed by atoms with Gasteiger partial charge in [-0.05, 0) is 37.6 Å². The lowest BCUT2D eigenvalue weighted by Gasteiger charge is -2.17. The van der Waals surface area contributed by atoms with E-state index in [1.54, 1.807) is 38.2 Å². The standard InChI is InChI=1S/C17H27N3O3/c1-4-6-7-8-13-18-16(21)19-14-9-11-15(12-10-14)20(3)17(22)23-5-2/h9-12H,4-8,13H2,1-3H3,(H2,18,19,21). The van der Waals surface area contributed by atoms with Gasteiger partial charge in [-0.3, -0.25) is 4.90 Å². The minimum Gasteiger partial charge on any atom is -0.449 e. The highest BCUT2D eigenvalue weighted by molar-refractivity contribution is 5.90. The van der Waals surface area contributed by atoms with E-state index in [0.717, 1.165) is 12.8 Å². The van der Waals surface area contributed by atoms with Crippen molar-refractivity contribution in [1.29, 1.82) is 0 Å². The number of ether oxygens (including phenoxy) is 1. The second kappa shape index (κ2) is 10.5. The summed E-state index contributed by atoms with van der Waals surface area (Å²) in [7, 11) is 1.64. The van der Waals surface area contributed by atoms with Crippen molar-refractivity contribution in [3.05, 3.63) is 24.3 Å². The Balaban J connectivity index is 2.41. The molecule has 0 radical (unpaired) electrons. The molecule has 0 aliphatic carbocycles. The molecule has 1 rings (SSSR count). The van der Waals surface area contributed by atoms with Crippen LogP contribution >= 0.6 is 0 Å². The van der Waals surface area contributed by atoms with Crippen molar-refractivity contribution in [2.45, 2.75) is 39.5 Å². The van der Waals surface area contributed by atoms with E-state index in [1.807, 2.05) is 0 Å². The molecule has 1 aromatic carbocycles. The summed E-state index contributed by atoms with van der Waals surface area (Å²) >= 11 is 0. The Kier molecular flexibility index (Phi) is 8.57. The molecule has 3 amide bonds. The molecule has 0 aliphatic heterocycles. The van der Waals surface area contributed by atoms with Crippen LogP contribution in [0.1, 0.15) is 39.5 Å². The predicted molar refractivity (Wildman–Crippen MR) is 93.0 cm³/mol. The third-order valence-electron chi connectivity index (χ3n) is 3.37. The maximum atomic E-state index is 11.8. The quantitative estimate of drug-likeness (QED) is 0.711. The first-order valence-electron chi connectivity index (χ1n) is 8.13. The fraction of sp³-hybridized carbons (Fsp3) is 0.529. The van der Waals surface area contributed by atoms with Gasteiger partial charge in [0.25, 0.3) is 0 Å². The topological polar surface area (TPSA) is 70.7 Å². The number of hydrogen-bond donors (Lipinski definition) is 2. The molecule has 23 heavy (non-hydrogen) atoms. The van der Waals surface area contributed by atoms with Crippen LogP contribution in [0.2, 0.25) is 0 Å². The maximum Gasteiger partial charge on any atom is 0.413 e. The Morgan fingerprint density at radius 1 is 1.09 bits per heavy atom. The van der Waals surface area contributed by atoms with Crippen molar-refractivity contribution in [2.75, 3.05) is 30.4 Å². The maximum absolute atomic E-state index is 11.8. The highest BCUT2D eigenvalue weighted by Crippen LogP contribution is 2.17. The van der Waals surface area contributed by atoms with Gasteiger partial charge >= 0.3 is 12.1 Å². The number of unbranched alkanes of at least 4 members (excludes halogenated alkanes) is 3. The van der Waals surface area contributed by atoms with Crippen LogP contribution in [0.5, 0.6) is 0 Å². The fourth-order valence-corrected chi connectivity index (χ4v) is 2.02. The molecule has 0 saturated carbocycles. The molecule has 0 aromatic heterocycles. The van der Waals surface area contributed by atoms with Crippen LogP contribution in [0.15, 0.2) is 24.3 Å². The van der Waals surface area contributed by atoms with Gasteiger partial charge in [-0.15, -0.1) is 0 Å². The smallest absolute Gasteiger partial charge is 0.413 e. The van der Waals surface area contributed by atoms with Crippen LogP contribution in [0.4, 0.5) is 21.0 Å². The van der Waals surface area contributed by atoms with Crippen LogP contribution in [-0.4, -0.2) is 32.3 Å². The second-order valence-electron chi connectivity index (χ2n) is 5.25. The molecule has 6 nitrogen and oxygen atoms in total. The number of nitrogens with one attached hydrogen (secondary N) is 2. The zero-order valence-corrected chi connectivity index (χ0v) is 14.2. The van der Waals surface area contributed by atoms with Crippen LogP contribution in [-0.2, 0) is 4.74 Å². The average molecular weight is 321 g/mol. The fourth-order valence-electron chi connectivity index (χ4n) is 2.02. The molecule has 128 valence electrons. The normalized spacial score (nSPS) is 10.0. The lowest BCUT2D eigenvalue weighted by Crippen LogP contribution is -2.29. The van der Waals surface area contributed by atoms with E-state index in [4.69, 9.17) is 4.74 Å². The van der Waals surface area contributed by atoms with Gasteiger partial charge in [-0.25, -0.2) is 9.59 Å². The molecular formula is C17H27N3O3. The zero-order chi connectivity index (χ0) is 17.1. The summed E-state index contributed by atoms with van der Waals surface area (Å²) < 4.78 is 4.93. The third-order valence-corrected chi connectivity index (χ3v) is 3.37. The average Bonchev–Trinajstić information content (AvgIpc) is 2.55. The number of anilines is 2. The van der Waals surface area contributed by atoms with Crippen LogP contribution in [0.3, 0.4) is 0 Å². The van der Waals surface area contributed by atoms with Crippen molar-refractivity contribution in [1.82, 2.24) is 5.32 Å². The summed E-state index contributed by atoms with van der Waals surface area (Å²) in [4.78, 5) is 24.8. The number of carbonyl (C=O) groups excluding carboxylic acids is 2. The highest BCUT2D eigenvalue weighted by atomic mass is 16.6. The van der Waals surface area contributed by atoms with Crippen molar-refractivity contribution in [2.24, 2.45) is 0 Å². The van der Waals surface area contributed by atoms with Crippen LogP contribution < -0.4 is 15.5 Å². The number of amides is 3. The highest BCUT2D eigenvalue weighted by Gasteiger charge is 2.11. The molecular weight excluding hydrogens is 294 g/mol. The molecule has 0 bridgehead atoms. The van der Waals surface area contributed by atoms with E-state index in [2.05, 4.69) is 17.6 Å². The number of benzene rings is 1. The Morgan fingerprint density at radius 2 is 1.78 bits per heavy atom. The second-order valence-corrected chi connectivity index (χ2v) is 5.25. The molecule has 0 unspecified atom stereocenters. The molecule has 0 spiro atoms. The summed E-state index contributed by atoms with van der Waals surface area (Å²) in [6.45, 7) is 4.93. The van der Waals surface area contributed by atoms with Crippen LogP contribution in [0.25, 0.3) is 0 Å². The summed E-state index contributed by atoms with van der Waals surface area (Å²) in [5.74, 6) is 0. The lowest BCUT2D eigenvalue weighted by molar-refractivity contribution is 0.161. The Labute approximate surface area is 138 Å². The molecule has 2 N–H and O–H groups in total. The van der Waals surface area contributed by atoms with E-state index in [0.29, 0.717) is 24.5 Å². The number of urea groups is 1. The molecule has 0 fully saturated rings. The lowest BCUT2D eigenvalue weighted by atomic mass is 10.2. The van der Waals surface area contributed by atoms with Crippen molar-refractivity contribution in [3.8, 4) is 0 Å².